The molecule has 0 bridgehead atoms. The predicted molar refractivity (Wildman–Crippen MR) is 263 cm³/mol. The summed E-state index contributed by atoms with van der Waals surface area (Å²) in [6.45, 7) is 2.61. The van der Waals surface area contributed by atoms with Crippen LogP contribution in [0.1, 0.15) is 258 Å². The minimum absolute atomic E-state index is 0.131. The van der Waals surface area contributed by atoms with E-state index in [1.54, 1.807) is 0 Å². The molecular formula is C52H98NO10P. The van der Waals surface area contributed by atoms with Gasteiger partial charge >= 0.3 is 19.8 Å². The lowest BCUT2D eigenvalue weighted by Crippen LogP contribution is -2.43. The Kier molecular flexibility index (Phi) is 45.9. The summed E-state index contributed by atoms with van der Waals surface area (Å²) in [5.74, 6) is -2.38. The number of carbonyl (C=O) groups is 3. The summed E-state index contributed by atoms with van der Waals surface area (Å²) in [6.07, 6.45) is 52.1. The number of phosphoric acid groups is 1. The number of carbonyl (C=O) groups excluding carboxylic acids is 2. The van der Waals surface area contributed by atoms with Crippen molar-refractivity contribution in [2.45, 2.75) is 270 Å². The number of carboxylic acid groups (broad SMARTS) is 1. The van der Waals surface area contributed by atoms with E-state index in [0.717, 1.165) is 64.2 Å². The monoisotopic (exact) mass is 928 g/mol. The van der Waals surface area contributed by atoms with E-state index in [1.807, 2.05) is 0 Å². The number of carboxylic acids is 1. The highest BCUT2D eigenvalue weighted by Crippen LogP contribution is 2.43. The molecule has 3 atom stereocenters. The number of nitrogens with one attached hydrogen (secondary N) is 1. The standard InChI is InChI=1S/C52H98NO10P/c1-3-5-7-9-11-13-15-17-19-21-22-23-24-25-26-27-28-30-32-34-36-38-40-42-44-51(56)61-45-48(54)46-62-64(59,60)63-47-49(52(57)58)53-50(55)43-41-39-37-35-33-31-29-20-18-16-14-12-10-8-6-4-2/h14,16,20,29,48-49,54H,3-13,15,17-19,21-28,30-47H2,1-2H3,(H,53,55)(H,57,58)(H,59,60)/b16-14-,29-20-. The number of rotatable bonds is 50. The summed E-state index contributed by atoms with van der Waals surface area (Å²) in [5.41, 5.74) is 0. The Bertz CT molecular complexity index is 1180. The lowest BCUT2D eigenvalue weighted by atomic mass is 10.0. The minimum Gasteiger partial charge on any atom is -0.480 e. The molecular weight excluding hydrogens is 830 g/mol. The van der Waals surface area contributed by atoms with Crippen molar-refractivity contribution in [3.05, 3.63) is 24.3 Å². The van der Waals surface area contributed by atoms with E-state index in [9.17, 15) is 34.1 Å². The normalized spacial score (nSPS) is 13.7. The molecule has 0 aliphatic heterocycles. The fraction of sp³-hybridized carbons (Fsp3) is 0.865. The molecule has 3 unspecified atom stereocenters. The van der Waals surface area contributed by atoms with Crippen LogP contribution in [0.25, 0.3) is 0 Å². The SMILES string of the molecule is CCCCCC/C=C\C/C=C\CCCCCCCC(=O)NC(COP(=O)(O)OCC(O)COC(=O)CCCCCCCCCCCCCCCCCCCCCCCCCC)C(=O)O. The molecule has 0 aromatic carbocycles. The highest BCUT2D eigenvalue weighted by Gasteiger charge is 2.28. The van der Waals surface area contributed by atoms with E-state index in [4.69, 9.17) is 13.8 Å². The van der Waals surface area contributed by atoms with Crippen molar-refractivity contribution < 1.29 is 47.8 Å². The molecule has 0 aromatic rings. The fourth-order valence-corrected chi connectivity index (χ4v) is 8.41. The van der Waals surface area contributed by atoms with Crippen molar-refractivity contribution in [3.8, 4) is 0 Å². The van der Waals surface area contributed by atoms with Crippen LogP contribution in [-0.4, -0.2) is 64.9 Å². The van der Waals surface area contributed by atoms with Crippen molar-refractivity contribution in [1.29, 1.82) is 0 Å². The van der Waals surface area contributed by atoms with Gasteiger partial charge in [0.2, 0.25) is 5.91 Å². The third kappa shape index (κ3) is 46.5. The van der Waals surface area contributed by atoms with Crippen LogP contribution in [0.5, 0.6) is 0 Å². The Morgan fingerprint density at radius 3 is 1.28 bits per heavy atom. The van der Waals surface area contributed by atoms with Crippen molar-refractivity contribution in [3.63, 3.8) is 0 Å². The van der Waals surface area contributed by atoms with Crippen molar-refractivity contribution in [2.24, 2.45) is 0 Å². The second-order valence-corrected chi connectivity index (χ2v) is 19.5. The van der Waals surface area contributed by atoms with Crippen LogP contribution >= 0.6 is 7.82 Å². The smallest absolute Gasteiger partial charge is 0.472 e. The first-order valence-electron chi connectivity index (χ1n) is 26.4. The van der Waals surface area contributed by atoms with Crippen LogP contribution in [0, 0.1) is 0 Å². The molecule has 0 spiro atoms. The van der Waals surface area contributed by atoms with Gasteiger partial charge in [-0.2, -0.15) is 0 Å². The number of amides is 1. The van der Waals surface area contributed by atoms with Crippen LogP contribution in [0.4, 0.5) is 0 Å². The van der Waals surface area contributed by atoms with E-state index < -0.39 is 57.6 Å². The number of allylic oxidation sites excluding steroid dienone is 4. The van der Waals surface area contributed by atoms with Gasteiger partial charge in [0.05, 0.1) is 13.2 Å². The Labute approximate surface area is 391 Å². The van der Waals surface area contributed by atoms with Crippen molar-refractivity contribution in [1.82, 2.24) is 5.32 Å². The molecule has 11 nitrogen and oxygen atoms in total. The van der Waals surface area contributed by atoms with E-state index in [2.05, 4.69) is 43.5 Å². The van der Waals surface area contributed by atoms with Gasteiger partial charge in [-0.3, -0.25) is 18.6 Å². The van der Waals surface area contributed by atoms with E-state index in [1.165, 1.54) is 154 Å². The molecule has 1 amide bonds. The quantitative estimate of drug-likeness (QED) is 0.0199. The van der Waals surface area contributed by atoms with E-state index >= 15 is 0 Å². The van der Waals surface area contributed by atoms with Gasteiger partial charge in [-0.15, -0.1) is 0 Å². The predicted octanol–water partition coefficient (Wildman–Crippen LogP) is 14.6. The van der Waals surface area contributed by atoms with Gasteiger partial charge in [-0.25, -0.2) is 9.36 Å². The number of aliphatic carboxylic acids is 1. The van der Waals surface area contributed by atoms with Crippen LogP contribution in [0.2, 0.25) is 0 Å². The largest absolute Gasteiger partial charge is 0.480 e. The Balaban J connectivity index is 3.77. The molecule has 64 heavy (non-hydrogen) atoms. The zero-order chi connectivity index (χ0) is 47.0. The summed E-state index contributed by atoms with van der Waals surface area (Å²) < 4.78 is 26.9. The molecule has 0 aromatic heterocycles. The Morgan fingerprint density at radius 1 is 0.500 bits per heavy atom. The third-order valence-electron chi connectivity index (χ3n) is 11.7. The van der Waals surface area contributed by atoms with Gasteiger partial charge in [-0.05, 0) is 44.9 Å². The number of phosphoric ester groups is 1. The molecule has 376 valence electrons. The highest BCUT2D eigenvalue weighted by atomic mass is 31.2. The average molecular weight is 928 g/mol. The average Bonchev–Trinajstić information content (AvgIpc) is 3.27. The Hall–Kier alpha value is -2.04. The molecule has 0 fully saturated rings. The molecule has 0 saturated carbocycles. The molecule has 0 heterocycles. The van der Waals surface area contributed by atoms with Crippen molar-refractivity contribution >= 4 is 25.7 Å². The lowest BCUT2D eigenvalue weighted by Gasteiger charge is -2.18. The third-order valence-corrected chi connectivity index (χ3v) is 12.7. The summed E-state index contributed by atoms with van der Waals surface area (Å²) in [7, 11) is -4.76. The van der Waals surface area contributed by atoms with Crippen molar-refractivity contribution in [2.75, 3.05) is 19.8 Å². The molecule has 0 rings (SSSR count). The van der Waals surface area contributed by atoms with Gasteiger partial charge in [0.1, 0.15) is 12.7 Å². The number of hydrogen-bond acceptors (Lipinski definition) is 8. The molecule has 0 aliphatic rings. The Morgan fingerprint density at radius 2 is 0.859 bits per heavy atom. The minimum atomic E-state index is -4.76. The molecule has 12 heteroatoms. The number of aliphatic hydroxyl groups excluding tert-OH is 1. The second-order valence-electron chi connectivity index (χ2n) is 18.1. The molecule has 0 radical (unpaired) electrons. The molecule has 0 saturated heterocycles. The van der Waals surface area contributed by atoms with Gasteiger partial charge < -0.3 is 25.2 Å². The van der Waals surface area contributed by atoms with Gasteiger partial charge in [-0.1, -0.05) is 224 Å². The van der Waals surface area contributed by atoms with Crippen LogP contribution in [0.3, 0.4) is 0 Å². The van der Waals surface area contributed by atoms with Crippen LogP contribution in [-0.2, 0) is 32.7 Å². The number of hydrogen-bond donors (Lipinski definition) is 4. The first-order chi connectivity index (χ1) is 31.1. The van der Waals surface area contributed by atoms with Gasteiger partial charge in [0, 0.05) is 12.8 Å². The van der Waals surface area contributed by atoms with Gasteiger partial charge in [0.15, 0.2) is 6.04 Å². The van der Waals surface area contributed by atoms with Gasteiger partial charge in [0.25, 0.3) is 0 Å². The number of aliphatic hydroxyl groups is 1. The van der Waals surface area contributed by atoms with Crippen LogP contribution in [0.15, 0.2) is 24.3 Å². The second kappa shape index (κ2) is 47.5. The number of unbranched alkanes of at least 4 members (excludes halogenated alkanes) is 32. The molecule has 4 N–H and O–H groups in total. The highest BCUT2D eigenvalue weighted by molar-refractivity contribution is 7.47. The first kappa shape index (κ1) is 62.0. The summed E-state index contributed by atoms with van der Waals surface area (Å²) in [4.78, 5) is 46.1. The molecule has 0 aliphatic carbocycles. The fourth-order valence-electron chi connectivity index (χ4n) is 7.64. The van der Waals surface area contributed by atoms with E-state index in [0.29, 0.717) is 12.8 Å². The maximum absolute atomic E-state index is 12.3. The van der Waals surface area contributed by atoms with Crippen LogP contribution < -0.4 is 5.32 Å². The number of ether oxygens (including phenoxy) is 1. The summed E-state index contributed by atoms with van der Waals surface area (Å²) in [6, 6.07) is -1.55. The lowest BCUT2D eigenvalue weighted by molar-refractivity contribution is -0.147. The van der Waals surface area contributed by atoms with E-state index in [-0.39, 0.29) is 12.8 Å². The summed E-state index contributed by atoms with van der Waals surface area (Å²) >= 11 is 0. The first-order valence-corrected chi connectivity index (χ1v) is 27.9. The number of esters is 1. The summed E-state index contributed by atoms with van der Waals surface area (Å²) in [5, 5.41) is 21.9. The maximum Gasteiger partial charge on any atom is 0.472 e. The topological polar surface area (TPSA) is 169 Å². The zero-order valence-electron chi connectivity index (χ0n) is 41.1. The maximum atomic E-state index is 12.3. The zero-order valence-corrected chi connectivity index (χ0v) is 42.0.